The second kappa shape index (κ2) is 6.24. The van der Waals surface area contributed by atoms with E-state index in [9.17, 15) is 4.79 Å². The van der Waals surface area contributed by atoms with Gasteiger partial charge in [0.2, 0.25) is 0 Å². The number of thiazole rings is 1. The number of nitrogens with two attached hydrogens (primary N) is 1. The van der Waals surface area contributed by atoms with Crippen LogP contribution in [0.1, 0.15) is 22.4 Å². The number of amides is 1. The molecular weight excluding hydrogens is 264 g/mol. The SMILES string of the molecule is CCNc1nc(N)c(C(=O)NCCc2ccco2)s1. The van der Waals surface area contributed by atoms with Crippen molar-refractivity contribution in [2.45, 2.75) is 13.3 Å². The van der Waals surface area contributed by atoms with Crippen molar-refractivity contribution in [1.82, 2.24) is 10.3 Å². The standard InChI is InChI=1S/C12H16N4O2S/c1-2-14-12-16-10(13)9(19-12)11(17)15-6-5-8-4-3-7-18-8/h3-4,7H,2,5-6,13H2,1H3,(H,14,16)(H,15,17). The van der Waals surface area contributed by atoms with Crippen molar-refractivity contribution in [3.63, 3.8) is 0 Å². The van der Waals surface area contributed by atoms with Gasteiger partial charge in [0, 0.05) is 19.5 Å². The molecule has 0 spiro atoms. The summed E-state index contributed by atoms with van der Waals surface area (Å²) in [4.78, 5) is 16.5. The van der Waals surface area contributed by atoms with Crippen LogP contribution in [-0.4, -0.2) is 24.0 Å². The molecule has 0 aromatic carbocycles. The third-order valence-electron chi connectivity index (χ3n) is 2.42. The quantitative estimate of drug-likeness (QED) is 0.749. The van der Waals surface area contributed by atoms with E-state index in [1.807, 2.05) is 19.1 Å². The molecule has 0 saturated heterocycles. The molecule has 102 valence electrons. The Bertz CT molecular complexity index is 536. The lowest BCUT2D eigenvalue weighted by Crippen LogP contribution is -2.25. The van der Waals surface area contributed by atoms with Crippen molar-refractivity contribution >= 4 is 28.2 Å². The highest BCUT2D eigenvalue weighted by molar-refractivity contribution is 7.18. The highest BCUT2D eigenvalue weighted by Gasteiger charge is 2.15. The van der Waals surface area contributed by atoms with E-state index in [-0.39, 0.29) is 11.7 Å². The summed E-state index contributed by atoms with van der Waals surface area (Å²) in [6.45, 7) is 3.20. The molecule has 0 saturated carbocycles. The molecule has 2 heterocycles. The Morgan fingerprint density at radius 2 is 2.42 bits per heavy atom. The number of anilines is 2. The Kier molecular flexibility index (Phi) is 4.40. The first-order valence-electron chi connectivity index (χ1n) is 6.01. The van der Waals surface area contributed by atoms with Gasteiger partial charge < -0.3 is 20.8 Å². The van der Waals surface area contributed by atoms with Crippen molar-refractivity contribution in [3.05, 3.63) is 29.0 Å². The number of furan rings is 1. The number of aromatic nitrogens is 1. The summed E-state index contributed by atoms with van der Waals surface area (Å²) in [5.74, 6) is 0.896. The second-order valence-corrected chi connectivity index (χ2v) is 4.85. The third kappa shape index (κ3) is 3.47. The van der Waals surface area contributed by atoms with E-state index >= 15 is 0 Å². The van der Waals surface area contributed by atoms with Crippen LogP contribution in [0.3, 0.4) is 0 Å². The number of carbonyl (C=O) groups excluding carboxylic acids is 1. The first-order chi connectivity index (χ1) is 9.20. The average molecular weight is 280 g/mol. The topological polar surface area (TPSA) is 93.2 Å². The zero-order chi connectivity index (χ0) is 13.7. The number of hydrogen-bond acceptors (Lipinski definition) is 6. The number of nitrogens with zero attached hydrogens (tertiary/aromatic N) is 1. The summed E-state index contributed by atoms with van der Waals surface area (Å²) in [7, 11) is 0. The van der Waals surface area contributed by atoms with Crippen molar-refractivity contribution in [3.8, 4) is 0 Å². The maximum Gasteiger partial charge on any atom is 0.265 e. The maximum absolute atomic E-state index is 11.9. The largest absolute Gasteiger partial charge is 0.469 e. The lowest BCUT2D eigenvalue weighted by molar-refractivity contribution is 0.0958. The van der Waals surface area contributed by atoms with Crippen LogP contribution in [0, 0.1) is 0 Å². The minimum Gasteiger partial charge on any atom is -0.469 e. The molecule has 0 radical (unpaired) electrons. The minimum atomic E-state index is -0.203. The molecule has 19 heavy (non-hydrogen) atoms. The van der Waals surface area contributed by atoms with E-state index < -0.39 is 0 Å². The van der Waals surface area contributed by atoms with Gasteiger partial charge in [-0.25, -0.2) is 4.98 Å². The summed E-state index contributed by atoms with van der Waals surface area (Å²) in [5, 5.41) is 6.49. The molecule has 1 amide bonds. The smallest absolute Gasteiger partial charge is 0.265 e. The summed E-state index contributed by atoms with van der Waals surface area (Å²) in [6, 6.07) is 3.69. The van der Waals surface area contributed by atoms with Gasteiger partial charge in [-0.15, -0.1) is 0 Å². The van der Waals surface area contributed by atoms with Crippen LogP contribution in [0.15, 0.2) is 22.8 Å². The molecule has 0 unspecified atom stereocenters. The maximum atomic E-state index is 11.9. The Labute approximate surface area is 115 Å². The number of nitrogens with one attached hydrogen (secondary N) is 2. The summed E-state index contributed by atoms with van der Waals surface area (Å²) < 4.78 is 5.19. The molecule has 2 rings (SSSR count). The Balaban J connectivity index is 1.88. The van der Waals surface area contributed by atoms with Crippen molar-refractivity contribution in [2.75, 3.05) is 24.1 Å². The molecule has 2 aromatic rings. The first-order valence-corrected chi connectivity index (χ1v) is 6.83. The molecule has 0 atom stereocenters. The fraction of sp³-hybridized carbons (Fsp3) is 0.333. The van der Waals surface area contributed by atoms with Gasteiger partial charge in [-0.3, -0.25) is 4.79 Å². The minimum absolute atomic E-state index is 0.203. The Morgan fingerprint density at radius 1 is 1.58 bits per heavy atom. The molecule has 0 aliphatic rings. The highest BCUT2D eigenvalue weighted by atomic mass is 32.1. The monoisotopic (exact) mass is 280 g/mol. The van der Waals surface area contributed by atoms with Gasteiger partial charge in [0.1, 0.15) is 16.5 Å². The molecule has 7 heteroatoms. The summed E-state index contributed by atoms with van der Waals surface area (Å²) in [6.07, 6.45) is 2.26. The molecule has 0 fully saturated rings. The summed E-state index contributed by atoms with van der Waals surface area (Å²) >= 11 is 1.26. The van der Waals surface area contributed by atoms with E-state index in [1.165, 1.54) is 11.3 Å². The van der Waals surface area contributed by atoms with Gasteiger partial charge in [0.05, 0.1) is 6.26 Å². The molecule has 4 N–H and O–H groups in total. The van der Waals surface area contributed by atoms with E-state index in [0.717, 1.165) is 12.3 Å². The van der Waals surface area contributed by atoms with Crippen LogP contribution < -0.4 is 16.4 Å². The second-order valence-electron chi connectivity index (χ2n) is 3.85. The number of carbonyl (C=O) groups is 1. The number of rotatable bonds is 6. The van der Waals surface area contributed by atoms with Crippen molar-refractivity contribution in [1.29, 1.82) is 0 Å². The first kappa shape index (κ1) is 13.4. The molecule has 0 bridgehead atoms. The Hall–Kier alpha value is -2.02. The fourth-order valence-electron chi connectivity index (χ4n) is 1.56. The average Bonchev–Trinajstić information content (AvgIpc) is 2.99. The predicted octanol–water partition coefficient (Wildman–Crippen LogP) is 1.72. The fourth-order valence-corrected chi connectivity index (χ4v) is 2.42. The van der Waals surface area contributed by atoms with Gasteiger partial charge >= 0.3 is 0 Å². The van der Waals surface area contributed by atoms with Crippen LogP contribution in [0.25, 0.3) is 0 Å². The van der Waals surface area contributed by atoms with Crippen LogP contribution in [-0.2, 0) is 6.42 Å². The zero-order valence-electron chi connectivity index (χ0n) is 10.6. The van der Waals surface area contributed by atoms with E-state index in [4.69, 9.17) is 10.2 Å². The van der Waals surface area contributed by atoms with E-state index in [0.29, 0.717) is 23.0 Å². The number of nitrogen functional groups attached to an aromatic ring is 1. The predicted molar refractivity (Wildman–Crippen MR) is 75.4 cm³/mol. The zero-order valence-corrected chi connectivity index (χ0v) is 11.4. The molecular formula is C12H16N4O2S. The van der Waals surface area contributed by atoms with Crippen LogP contribution in [0.5, 0.6) is 0 Å². The lowest BCUT2D eigenvalue weighted by atomic mass is 10.3. The normalized spacial score (nSPS) is 10.4. The van der Waals surface area contributed by atoms with Gasteiger partial charge in [-0.2, -0.15) is 0 Å². The van der Waals surface area contributed by atoms with Crippen LogP contribution in [0.2, 0.25) is 0 Å². The molecule has 0 aliphatic carbocycles. The van der Waals surface area contributed by atoms with Gasteiger partial charge in [-0.1, -0.05) is 11.3 Å². The molecule has 6 nitrogen and oxygen atoms in total. The third-order valence-corrected chi connectivity index (χ3v) is 3.45. The van der Waals surface area contributed by atoms with Crippen LogP contribution >= 0.6 is 11.3 Å². The van der Waals surface area contributed by atoms with Crippen molar-refractivity contribution < 1.29 is 9.21 Å². The molecule has 0 aliphatic heterocycles. The Morgan fingerprint density at radius 3 is 3.11 bits per heavy atom. The van der Waals surface area contributed by atoms with Gasteiger partial charge in [-0.05, 0) is 19.1 Å². The van der Waals surface area contributed by atoms with E-state index in [2.05, 4.69) is 15.6 Å². The van der Waals surface area contributed by atoms with Gasteiger partial charge in [0.25, 0.3) is 5.91 Å². The highest BCUT2D eigenvalue weighted by Crippen LogP contribution is 2.24. The molecule has 2 aromatic heterocycles. The van der Waals surface area contributed by atoms with Crippen molar-refractivity contribution in [2.24, 2.45) is 0 Å². The lowest BCUT2D eigenvalue weighted by Gasteiger charge is -2.01. The summed E-state index contributed by atoms with van der Waals surface area (Å²) in [5.41, 5.74) is 5.72. The number of hydrogen-bond donors (Lipinski definition) is 3. The van der Waals surface area contributed by atoms with Crippen LogP contribution in [0.4, 0.5) is 10.9 Å². The van der Waals surface area contributed by atoms with Gasteiger partial charge in [0.15, 0.2) is 5.13 Å². The van der Waals surface area contributed by atoms with E-state index in [1.54, 1.807) is 6.26 Å².